The molecule has 1 atom stereocenters. The summed E-state index contributed by atoms with van der Waals surface area (Å²) in [4.78, 5) is 0. The van der Waals surface area contributed by atoms with E-state index in [0.29, 0.717) is 0 Å². The zero-order valence-electron chi connectivity index (χ0n) is 9.66. The third-order valence-corrected chi connectivity index (χ3v) is 7.27. The lowest BCUT2D eigenvalue weighted by Gasteiger charge is -2.11. The first kappa shape index (κ1) is 13.5. The lowest BCUT2D eigenvalue weighted by Crippen LogP contribution is -2.10. The van der Waals surface area contributed by atoms with Crippen molar-refractivity contribution in [3.63, 3.8) is 0 Å². The quantitative estimate of drug-likeness (QED) is 0.605. The van der Waals surface area contributed by atoms with Crippen molar-refractivity contribution in [1.82, 2.24) is 0 Å². The summed E-state index contributed by atoms with van der Waals surface area (Å²) in [5, 5.41) is 0. The van der Waals surface area contributed by atoms with Crippen LogP contribution >= 0.6 is 22.6 Å². The summed E-state index contributed by atoms with van der Waals surface area (Å²) >= 11 is 1.99. The lowest BCUT2D eigenvalue weighted by atomic mass is 10.2. The standard InChI is InChI=1S/C14H13IO2S/c15-14(13-9-5-2-6-10-13)18(16,17)11-12-7-3-1-4-8-12/h1-10,14H,11H2/t14-/m1/s1. The second kappa shape index (κ2) is 5.84. The van der Waals surface area contributed by atoms with Gasteiger partial charge in [0.2, 0.25) is 0 Å². The van der Waals surface area contributed by atoms with Crippen LogP contribution in [0.3, 0.4) is 0 Å². The fourth-order valence-electron chi connectivity index (χ4n) is 1.69. The van der Waals surface area contributed by atoms with Crippen LogP contribution in [-0.4, -0.2) is 8.42 Å². The highest BCUT2D eigenvalue weighted by Crippen LogP contribution is 2.31. The van der Waals surface area contributed by atoms with Gasteiger partial charge in [0.05, 0.1) is 5.75 Å². The van der Waals surface area contributed by atoms with Gasteiger partial charge < -0.3 is 0 Å². The fraction of sp³-hybridized carbons (Fsp3) is 0.143. The summed E-state index contributed by atoms with van der Waals surface area (Å²) < 4.78 is 24.1. The fourth-order valence-corrected chi connectivity index (χ4v) is 4.02. The van der Waals surface area contributed by atoms with Gasteiger partial charge >= 0.3 is 0 Å². The van der Waals surface area contributed by atoms with Crippen LogP contribution in [0.2, 0.25) is 0 Å². The van der Waals surface area contributed by atoms with E-state index in [1.54, 1.807) is 0 Å². The average Bonchev–Trinajstić information content (AvgIpc) is 2.39. The zero-order valence-corrected chi connectivity index (χ0v) is 12.6. The molecule has 0 N–H and O–H groups in total. The molecular weight excluding hydrogens is 359 g/mol. The summed E-state index contributed by atoms with van der Waals surface area (Å²) in [6.45, 7) is 0. The molecule has 0 saturated carbocycles. The number of sulfone groups is 1. The average molecular weight is 372 g/mol. The topological polar surface area (TPSA) is 34.1 Å². The van der Waals surface area contributed by atoms with E-state index in [-0.39, 0.29) is 5.75 Å². The molecule has 0 aromatic heterocycles. The van der Waals surface area contributed by atoms with E-state index < -0.39 is 13.1 Å². The first-order chi connectivity index (χ1) is 8.59. The van der Waals surface area contributed by atoms with Crippen LogP contribution in [0.4, 0.5) is 0 Å². The normalized spacial score (nSPS) is 13.2. The predicted octanol–water partition coefficient (Wildman–Crippen LogP) is 3.74. The summed E-state index contributed by atoms with van der Waals surface area (Å²) in [5.41, 5.74) is 1.66. The molecule has 18 heavy (non-hydrogen) atoms. The van der Waals surface area contributed by atoms with Gasteiger partial charge in [-0.3, -0.25) is 0 Å². The third kappa shape index (κ3) is 3.32. The minimum Gasteiger partial charge on any atom is -0.227 e. The van der Waals surface area contributed by atoms with Crippen LogP contribution in [0, 0.1) is 0 Å². The van der Waals surface area contributed by atoms with Crippen molar-refractivity contribution < 1.29 is 8.42 Å². The van der Waals surface area contributed by atoms with E-state index in [1.165, 1.54) is 0 Å². The van der Waals surface area contributed by atoms with Gasteiger partial charge in [0.1, 0.15) is 3.26 Å². The summed E-state index contributed by atoms with van der Waals surface area (Å²) in [5.74, 6) is 0.0797. The first-order valence-electron chi connectivity index (χ1n) is 5.54. The highest BCUT2D eigenvalue weighted by molar-refractivity contribution is 14.1. The number of hydrogen-bond acceptors (Lipinski definition) is 2. The van der Waals surface area contributed by atoms with Crippen molar-refractivity contribution >= 4 is 32.4 Å². The number of hydrogen-bond donors (Lipinski definition) is 0. The highest BCUT2D eigenvalue weighted by Gasteiger charge is 2.24. The van der Waals surface area contributed by atoms with Gasteiger partial charge in [-0.1, -0.05) is 83.3 Å². The molecule has 0 saturated heterocycles. The molecule has 0 spiro atoms. The van der Waals surface area contributed by atoms with Gasteiger partial charge in [0.25, 0.3) is 0 Å². The molecule has 0 heterocycles. The molecule has 0 fully saturated rings. The molecule has 0 aliphatic carbocycles. The summed E-state index contributed by atoms with van der Waals surface area (Å²) in [6, 6.07) is 18.6. The van der Waals surface area contributed by atoms with Crippen LogP contribution in [0.25, 0.3) is 0 Å². The Hall–Kier alpha value is -0.880. The number of rotatable bonds is 4. The minimum absolute atomic E-state index is 0.0797. The van der Waals surface area contributed by atoms with Gasteiger partial charge in [-0.2, -0.15) is 0 Å². The van der Waals surface area contributed by atoms with Crippen molar-refractivity contribution in [2.24, 2.45) is 0 Å². The Kier molecular flexibility index (Phi) is 4.40. The van der Waals surface area contributed by atoms with Crippen molar-refractivity contribution in [2.75, 3.05) is 0 Å². The van der Waals surface area contributed by atoms with Crippen molar-refractivity contribution in [1.29, 1.82) is 0 Å². The molecule has 2 aromatic rings. The van der Waals surface area contributed by atoms with E-state index >= 15 is 0 Å². The molecule has 2 aromatic carbocycles. The molecule has 2 nitrogen and oxygen atoms in total. The van der Waals surface area contributed by atoms with E-state index in [2.05, 4.69) is 0 Å². The van der Waals surface area contributed by atoms with E-state index in [0.717, 1.165) is 11.1 Å². The minimum atomic E-state index is -3.18. The molecule has 0 unspecified atom stereocenters. The van der Waals surface area contributed by atoms with Crippen LogP contribution in [0.1, 0.15) is 14.4 Å². The van der Waals surface area contributed by atoms with Gasteiger partial charge in [0.15, 0.2) is 9.84 Å². The first-order valence-corrected chi connectivity index (χ1v) is 8.50. The highest BCUT2D eigenvalue weighted by atomic mass is 127. The van der Waals surface area contributed by atoms with Gasteiger partial charge in [-0.15, -0.1) is 0 Å². The van der Waals surface area contributed by atoms with Crippen molar-refractivity contribution in [2.45, 2.75) is 9.01 Å². The number of alkyl halides is 1. The van der Waals surface area contributed by atoms with Crippen molar-refractivity contribution in [3.05, 3.63) is 71.8 Å². The largest absolute Gasteiger partial charge is 0.227 e. The Morgan fingerprint density at radius 2 is 1.39 bits per heavy atom. The van der Waals surface area contributed by atoms with E-state index in [1.807, 2.05) is 83.3 Å². The Labute approximate surface area is 121 Å². The van der Waals surface area contributed by atoms with Gasteiger partial charge in [-0.25, -0.2) is 8.42 Å². The maximum absolute atomic E-state index is 12.3. The maximum Gasteiger partial charge on any atom is 0.170 e. The monoisotopic (exact) mass is 372 g/mol. The molecule has 0 amide bonds. The van der Waals surface area contributed by atoms with Crippen LogP contribution in [0.5, 0.6) is 0 Å². The molecule has 0 aliphatic heterocycles. The third-order valence-electron chi connectivity index (χ3n) is 2.59. The second-order valence-corrected chi connectivity index (χ2v) is 8.20. The van der Waals surface area contributed by atoms with Crippen LogP contribution < -0.4 is 0 Å². The number of halogens is 1. The molecule has 2 rings (SSSR count). The summed E-state index contributed by atoms with van der Waals surface area (Å²) in [6.07, 6.45) is 0. The Morgan fingerprint density at radius 1 is 0.889 bits per heavy atom. The van der Waals surface area contributed by atoms with Crippen LogP contribution in [-0.2, 0) is 15.6 Å². The molecule has 0 bridgehead atoms. The number of benzene rings is 2. The zero-order chi connectivity index (χ0) is 13.0. The molecule has 0 aliphatic rings. The lowest BCUT2D eigenvalue weighted by molar-refractivity contribution is 0.595. The Bertz CT molecular complexity index is 594. The van der Waals surface area contributed by atoms with E-state index in [9.17, 15) is 8.42 Å². The molecule has 0 radical (unpaired) electrons. The Morgan fingerprint density at radius 3 is 1.94 bits per heavy atom. The Balaban J connectivity index is 2.22. The predicted molar refractivity (Wildman–Crippen MR) is 82.3 cm³/mol. The van der Waals surface area contributed by atoms with Gasteiger partial charge in [0, 0.05) is 0 Å². The smallest absolute Gasteiger partial charge is 0.170 e. The van der Waals surface area contributed by atoms with Crippen molar-refractivity contribution in [3.8, 4) is 0 Å². The van der Waals surface area contributed by atoms with E-state index in [4.69, 9.17) is 0 Å². The molecule has 4 heteroatoms. The van der Waals surface area contributed by atoms with Gasteiger partial charge in [-0.05, 0) is 11.1 Å². The second-order valence-electron chi connectivity index (χ2n) is 4.02. The molecular formula is C14H13IO2S. The summed E-state index contributed by atoms with van der Waals surface area (Å²) in [7, 11) is -3.18. The SMILES string of the molecule is O=S(=O)(Cc1ccccc1)[C@@H](I)c1ccccc1. The molecule has 94 valence electrons. The van der Waals surface area contributed by atoms with Crippen LogP contribution in [0.15, 0.2) is 60.7 Å². The maximum atomic E-state index is 12.3.